The lowest BCUT2D eigenvalue weighted by Gasteiger charge is -2.46. The summed E-state index contributed by atoms with van der Waals surface area (Å²) in [6, 6.07) is 34.6. The molecule has 5 aromatic rings. The van der Waals surface area contributed by atoms with E-state index in [1.165, 1.54) is 12.1 Å². The molecule has 57 heavy (non-hydrogen) atoms. The molecule has 2 fully saturated rings. The fraction of sp³-hybridized carbons (Fsp3) is 0.217. The third kappa shape index (κ3) is 6.20. The molecule has 0 saturated carbocycles. The normalized spacial score (nSPS) is 24.2. The van der Waals surface area contributed by atoms with Crippen LogP contribution < -0.4 is 16.0 Å². The first-order chi connectivity index (χ1) is 27.7. The number of urea groups is 1. The average Bonchev–Trinajstić information content (AvgIpc) is 3.68. The molecule has 7 atom stereocenters. The van der Waals surface area contributed by atoms with E-state index in [1.807, 2.05) is 95.9 Å². The maximum absolute atomic E-state index is 15.9. The lowest BCUT2D eigenvalue weighted by Crippen LogP contribution is -2.55. The predicted octanol–water partition coefficient (Wildman–Crippen LogP) is 5.75. The summed E-state index contributed by atoms with van der Waals surface area (Å²) in [5.74, 6) is 1.91. The number of imide groups is 1. The molecule has 0 aliphatic carbocycles. The van der Waals surface area contributed by atoms with Crippen LogP contribution in [0.4, 0.5) is 10.5 Å². The Morgan fingerprint density at radius 3 is 2.11 bits per heavy atom. The number of phenols is 1. The number of aromatic hydroxyl groups is 1. The highest BCUT2D eigenvalue weighted by atomic mass is 16.6. The number of esters is 1. The fourth-order valence-corrected chi connectivity index (χ4v) is 8.97. The molecule has 2 saturated heterocycles. The number of aliphatic hydroxyl groups excluding tert-OH is 1. The molecule has 8 rings (SSSR count). The Morgan fingerprint density at radius 1 is 0.842 bits per heavy atom. The molecule has 11 heteroatoms. The van der Waals surface area contributed by atoms with E-state index in [0.717, 1.165) is 16.0 Å². The molecule has 4 amide bonds. The third-order valence-electron chi connectivity index (χ3n) is 11.3. The van der Waals surface area contributed by atoms with Crippen molar-refractivity contribution in [3.8, 4) is 17.6 Å². The van der Waals surface area contributed by atoms with E-state index in [-0.39, 0.29) is 30.0 Å². The van der Waals surface area contributed by atoms with E-state index in [2.05, 4.69) is 17.2 Å². The highest BCUT2D eigenvalue weighted by Crippen LogP contribution is 2.65. The number of phenolic OH excluding ortho intramolecular Hbond substituents is 1. The Labute approximate surface area is 329 Å². The largest absolute Gasteiger partial charge is 0.508 e. The van der Waals surface area contributed by atoms with Crippen LogP contribution in [0.3, 0.4) is 0 Å². The van der Waals surface area contributed by atoms with E-state index < -0.39 is 65.4 Å². The number of cyclic esters (lactones) is 1. The van der Waals surface area contributed by atoms with Crippen LogP contribution in [0.5, 0.6) is 5.75 Å². The number of nitrogens with one attached hydrogen (secondary N) is 1. The smallest absolute Gasteiger partial charge is 0.329 e. The highest BCUT2D eigenvalue weighted by molar-refractivity contribution is 6.24. The van der Waals surface area contributed by atoms with Crippen LogP contribution in [-0.2, 0) is 24.5 Å². The summed E-state index contributed by atoms with van der Waals surface area (Å²) < 4.78 is 6.35. The van der Waals surface area contributed by atoms with Gasteiger partial charge in [-0.1, -0.05) is 115 Å². The minimum absolute atomic E-state index is 0.0379. The molecular formula is C46H40N4O7. The van der Waals surface area contributed by atoms with Gasteiger partial charge in [0.15, 0.2) is 0 Å². The van der Waals surface area contributed by atoms with Crippen LogP contribution in [-0.4, -0.2) is 51.6 Å². The van der Waals surface area contributed by atoms with Crippen LogP contribution in [0, 0.1) is 17.8 Å². The summed E-state index contributed by atoms with van der Waals surface area (Å²) in [6.45, 7) is 1.64. The molecule has 1 spiro atoms. The average molecular weight is 761 g/mol. The number of aliphatic hydroxyl groups is 1. The van der Waals surface area contributed by atoms with Crippen molar-refractivity contribution >= 4 is 29.5 Å². The number of amides is 4. The minimum Gasteiger partial charge on any atom is -0.508 e. The molecule has 3 aliphatic heterocycles. The summed E-state index contributed by atoms with van der Waals surface area (Å²) in [4.78, 5) is 62.4. The molecule has 5 aromatic carbocycles. The quantitative estimate of drug-likeness (QED) is 0.121. The molecule has 5 N–H and O–H groups in total. The van der Waals surface area contributed by atoms with Gasteiger partial charge in [0, 0.05) is 12.0 Å². The number of ether oxygens (including phenoxy) is 1. The maximum atomic E-state index is 15.9. The number of morpholine rings is 1. The molecule has 286 valence electrons. The van der Waals surface area contributed by atoms with Crippen LogP contribution in [0.25, 0.3) is 0 Å². The van der Waals surface area contributed by atoms with Crippen LogP contribution in [0.15, 0.2) is 133 Å². The number of rotatable bonds is 7. The van der Waals surface area contributed by atoms with Gasteiger partial charge in [-0.25, -0.2) is 9.69 Å². The Bertz CT molecular complexity index is 2400. The van der Waals surface area contributed by atoms with Gasteiger partial charge in [0.05, 0.1) is 36.3 Å². The number of nitrogens with zero attached hydrogens (tertiary/aromatic N) is 2. The van der Waals surface area contributed by atoms with Crippen molar-refractivity contribution in [3.63, 3.8) is 0 Å². The molecule has 0 aromatic heterocycles. The molecule has 11 nitrogen and oxygen atoms in total. The predicted molar refractivity (Wildman–Crippen MR) is 211 cm³/mol. The van der Waals surface area contributed by atoms with Gasteiger partial charge >= 0.3 is 12.0 Å². The zero-order valence-electron chi connectivity index (χ0n) is 31.0. The van der Waals surface area contributed by atoms with Crippen molar-refractivity contribution in [2.45, 2.75) is 49.0 Å². The Balaban J connectivity index is 1.41. The van der Waals surface area contributed by atoms with Gasteiger partial charge in [-0.15, -0.1) is 0 Å². The number of carbonyl (C=O) groups excluding carboxylic acids is 4. The van der Waals surface area contributed by atoms with E-state index >= 15 is 4.79 Å². The molecule has 0 unspecified atom stereocenters. The van der Waals surface area contributed by atoms with E-state index in [4.69, 9.17) is 10.5 Å². The lowest BCUT2D eigenvalue weighted by molar-refractivity contribution is -0.178. The van der Waals surface area contributed by atoms with Gasteiger partial charge in [-0.2, -0.15) is 0 Å². The zero-order chi connectivity index (χ0) is 39.8. The second kappa shape index (κ2) is 15.1. The Morgan fingerprint density at radius 2 is 1.47 bits per heavy atom. The Kier molecular flexibility index (Phi) is 9.83. The summed E-state index contributed by atoms with van der Waals surface area (Å²) in [6.07, 6.45) is -0.701. The van der Waals surface area contributed by atoms with Gasteiger partial charge in [-0.05, 0) is 65.1 Å². The molecular weight excluding hydrogens is 721 g/mol. The van der Waals surface area contributed by atoms with E-state index in [0.29, 0.717) is 16.7 Å². The highest BCUT2D eigenvalue weighted by Gasteiger charge is 2.75. The first-order valence-electron chi connectivity index (χ1n) is 18.8. The number of hydrogen-bond acceptors (Lipinski definition) is 8. The first kappa shape index (κ1) is 37.2. The van der Waals surface area contributed by atoms with E-state index in [1.54, 1.807) is 37.3 Å². The van der Waals surface area contributed by atoms with Crippen molar-refractivity contribution in [1.29, 1.82) is 0 Å². The van der Waals surface area contributed by atoms with Crippen LogP contribution >= 0.6 is 0 Å². The van der Waals surface area contributed by atoms with Gasteiger partial charge in [0.2, 0.25) is 11.8 Å². The molecule has 0 bridgehead atoms. The Hall–Kier alpha value is -6.74. The number of anilines is 1. The standard InChI is InChI=1S/C46H40N4O7/c1-28(30-14-5-2-6-15-30)48-45(56)49-36-25-20-29(13-11-12-26-51)27-35(36)46(44(49)55)37(42(47)53)39-43(54)57-40(32-18-9-4-10-19-32)38(31-16-7-3-8-17-31)50(39)41(46)33-21-23-34(52)24-22-33/h2-10,14-25,27-28,37-41,51-52H,12,26H2,1H3,(H2,47,53)(H,48,56)/t28-,37-,38-,39-,40+,41+,46-/m1/s1. The van der Waals surface area contributed by atoms with Crippen LogP contribution in [0.1, 0.15) is 71.0 Å². The topological polar surface area (TPSA) is 162 Å². The number of fused-ring (bicyclic) bond motifs is 3. The van der Waals surface area contributed by atoms with Gasteiger partial charge in [0.1, 0.15) is 23.3 Å². The van der Waals surface area contributed by atoms with Crippen molar-refractivity contribution in [2.75, 3.05) is 11.5 Å². The third-order valence-corrected chi connectivity index (χ3v) is 11.3. The van der Waals surface area contributed by atoms with E-state index in [9.17, 15) is 24.6 Å². The second-order valence-electron chi connectivity index (χ2n) is 14.5. The molecule has 0 radical (unpaired) electrons. The summed E-state index contributed by atoms with van der Waals surface area (Å²) >= 11 is 0. The first-order valence-corrected chi connectivity index (χ1v) is 18.8. The number of hydrogen-bond donors (Lipinski definition) is 4. The van der Waals surface area contributed by atoms with Crippen molar-refractivity contribution in [2.24, 2.45) is 11.7 Å². The number of nitrogens with two attached hydrogens (primary N) is 1. The van der Waals surface area contributed by atoms with Crippen molar-refractivity contribution < 1.29 is 34.1 Å². The van der Waals surface area contributed by atoms with Crippen molar-refractivity contribution in [3.05, 3.63) is 167 Å². The second-order valence-corrected chi connectivity index (χ2v) is 14.5. The van der Waals surface area contributed by atoms with Crippen molar-refractivity contribution in [1.82, 2.24) is 10.2 Å². The van der Waals surface area contributed by atoms with Crippen LogP contribution in [0.2, 0.25) is 0 Å². The van der Waals surface area contributed by atoms with Gasteiger partial charge in [0.25, 0.3) is 0 Å². The summed E-state index contributed by atoms with van der Waals surface area (Å²) in [7, 11) is 0. The zero-order valence-corrected chi connectivity index (χ0v) is 31.0. The number of primary amides is 1. The van der Waals surface area contributed by atoms with Gasteiger partial charge < -0.3 is 26.0 Å². The molecule has 3 heterocycles. The monoisotopic (exact) mass is 760 g/mol. The minimum atomic E-state index is -2.00. The SMILES string of the molecule is C[C@@H](NC(=O)N1C(=O)[C@@]2(c3cc(C#CCCO)ccc31)[C@H](c1ccc(O)cc1)N1[C@H](c3ccccc3)[C@H](c3ccccc3)OC(=O)[C@H]1[C@@H]2C(N)=O)c1ccccc1. The summed E-state index contributed by atoms with van der Waals surface area (Å²) in [5, 5.41) is 23.0. The number of carbonyl (C=O) groups is 4. The van der Waals surface area contributed by atoms with Gasteiger partial charge in [-0.3, -0.25) is 19.3 Å². The summed E-state index contributed by atoms with van der Waals surface area (Å²) in [5.41, 5.74) is 8.06. The maximum Gasteiger partial charge on any atom is 0.329 e. The number of benzene rings is 5. The molecule has 3 aliphatic rings. The fourth-order valence-electron chi connectivity index (χ4n) is 8.97. The lowest BCUT2D eigenvalue weighted by atomic mass is 9.65.